The second kappa shape index (κ2) is 6.47. The average Bonchev–Trinajstić information content (AvgIpc) is 2.55. The standard InChI is InChI=1S/C15H13ClN2O4S/c16-12-2-4-13(5-3-12)23(19,20)18-17-10-11-1-6-14-15(9-11)22-8-7-21-14/h1-6,9-10,18H,7-8H2/b17-10-. The lowest BCUT2D eigenvalue weighted by atomic mass is 10.2. The minimum atomic E-state index is -3.73. The van der Waals surface area contributed by atoms with E-state index in [9.17, 15) is 8.42 Å². The van der Waals surface area contributed by atoms with Gasteiger partial charge in [-0.15, -0.1) is 0 Å². The van der Waals surface area contributed by atoms with Crippen LogP contribution in [-0.4, -0.2) is 27.8 Å². The predicted octanol–water partition coefficient (Wildman–Crippen LogP) is 2.42. The van der Waals surface area contributed by atoms with Gasteiger partial charge in [-0.3, -0.25) is 0 Å². The molecule has 23 heavy (non-hydrogen) atoms. The Bertz CT molecular complexity index is 835. The largest absolute Gasteiger partial charge is 0.486 e. The first-order chi connectivity index (χ1) is 11.0. The number of rotatable bonds is 4. The maximum Gasteiger partial charge on any atom is 0.276 e. The van der Waals surface area contributed by atoms with Gasteiger partial charge >= 0.3 is 0 Å². The first-order valence-corrected chi connectivity index (χ1v) is 8.61. The number of hydrazone groups is 1. The van der Waals surface area contributed by atoms with Gasteiger partial charge in [-0.1, -0.05) is 11.6 Å². The summed E-state index contributed by atoms with van der Waals surface area (Å²) in [6, 6.07) is 11.1. The van der Waals surface area contributed by atoms with Crippen molar-refractivity contribution in [3.63, 3.8) is 0 Å². The fraction of sp³-hybridized carbons (Fsp3) is 0.133. The summed E-state index contributed by atoms with van der Waals surface area (Å²) in [5.41, 5.74) is 0.688. The number of fused-ring (bicyclic) bond motifs is 1. The maximum absolute atomic E-state index is 12.1. The molecule has 0 saturated carbocycles. The van der Waals surface area contributed by atoms with E-state index in [2.05, 4.69) is 9.93 Å². The molecular formula is C15H13ClN2O4S. The van der Waals surface area contributed by atoms with Crippen LogP contribution in [0.3, 0.4) is 0 Å². The van der Waals surface area contributed by atoms with E-state index in [4.69, 9.17) is 21.1 Å². The number of nitrogens with one attached hydrogen (secondary N) is 1. The molecule has 0 radical (unpaired) electrons. The van der Waals surface area contributed by atoms with Gasteiger partial charge in [-0.05, 0) is 48.0 Å². The lowest BCUT2D eigenvalue weighted by Crippen LogP contribution is -2.18. The van der Waals surface area contributed by atoms with Gasteiger partial charge in [0.15, 0.2) is 11.5 Å². The second-order valence-corrected chi connectivity index (χ2v) is 6.81. The second-order valence-electron chi connectivity index (χ2n) is 4.71. The van der Waals surface area contributed by atoms with Crippen molar-refractivity contribution in [1.82, 2.24) is 4.83 Å². The highest BCUT2D eigenvalue weighted by atomic mass is 35.5. The van der Waals surface area contributed by atoms with Gasteiger partial charge in [-0.2, -0.15) is 13.5 Å². The van der Waals surface area contributed by atoms with Crippen molar-refractivity contribution in [2.45, 2.75) is 4.90 Å². The molecule has 0 saturated heterocycles. The Morgan fingerprint density at radius 3 is 2.48 bits per heavy atom. The Morgan fingerprint density at radius 1 is 1.04 bits per heavy atom. The molecular weight excluding hydrogens is 340 g/mol. The van der Waals surface area contributed by atoms with E-state index in [1.54, 1.807) is 18.2 Å². The van der Waals surface area contributed by atoms with Gasteiger partial charge in [0.1, 0.15) is 13.2 Å². The number of hydrogen-bond acceptors (Lipinski definition) is 5. The van der Waals surface area contributed by atoms with E-state index in [0.29, 0.717) is 35.3 Å². The zero-order valence-corrected chi connectivity index (χ0v) is 13.5. The van der Waals surface area contributed by atoms with Crippen molar-refractivity contribution in [3.05, 3.63) is 53.1 Å². The first-order valence-electron chi connectivity index (χ1n) is 6.75. The van der Waals surface area contributed by atoms with Gasteiger partial charge in [-0.25, -0.2) is 4.83 Å². The van der Waals surface area contributed by atoms with Crippen LogP contribution in [0.25, 0.3) is 0 Å². The molecule has 8 heteroatoms. The van der Waals surface area contributed by atoms with E-state index in [-0.39, 0.29) is 4.90 Å². The molecule has 0 atom stereocenters. The van der Waals surface area contributed by atoms with E-state index in [0.717, 1.165) is 0 Å². The number of ether oxygens (including phenoxy) is 2. The molecule has 0 aliphatic carbocycles. The lowest BCUT2D eigenvalue weighted by Gasteiger charge is -2.18. The van der Waals surface area contributed by atoms with Crippen LogP contribution >= 0.6 is 11.6 Å². The van der Waals surface area contributed by atoms with Crippen LogP contribution in [0.1, 0.15) is 5.56 Å². The molecule has 1 aliphatic heterocycles. The van der Waals surface area contributed by atoms with Crippen LogP contribution in [0.5, 0.6) is 11.5 Å². The average molecular weight is 353 g/mol. The summed E-state index contributed by atoms with van der Waals surface area (Å²) in [4.78, 5) is 2.23. The minimum absolute atomic E-state index is 0.0845. The summed E-state index contributed by atoms with van der Waals surface area (Å²) in [7, 11) is -3.73. The molecule has 1 N–H and O–H groups in total. The monoisotopic (exact) mass is 352 g/mol. The Kier molecular flexibility index (Phi) is 4.40. The number of halogens is 1. The number of hydrogen-bond donors (Lipinski definition) is 1. The molecule has 6 nitrogen and oxygen atoms in total. The fourth-order valence-corrected chi connectivity index (χ4v) is 2.89. The highest BCUT2D eigenvalue weighted by Crippen LogP contribution is 2.30. The third-order valence-electron chi connectivity index (χ3n) is 3.08. The zero-order chi connectivity index (χ0) is 16.3. The van der Waals surface area contributed by atoms with Gasteiger partial charge in [0.25, 0.3) is 10.0 Å². The van der Waals surface area contributed by atoms with Crippen LogP contribution < -0.4 is 14.3 Å². The van der Waals surface area contributed by atoms with Gasteiger partial charge in [0, 0.05) is 5.02 Å². The van der Waals surface area contributed by atoms with Crippen molar-refractivity contribution in [2.75, 3.05) is 13.2 Å². The Morgan fingerprint density at radius 2 is 1.74 bits per heavy atom. The van der Waals surface area contributed by atoms with Crippen molar-refractivity contribution in [1.29, 1.82) is 0 Å². The quantitative estimate of drug-likeness (QED) is 0.677. The topological polar surface area (TPSA) is 77.0 Å². The van der Waals surface area contributed by atoms with E-state index in [1.165, 1.54) is 30.5 Å². The Balaban J connectivity index is 1.72. The van der Waals surface area contributed by atoms with E-state index in [1.807, 2.05) is 0 Å². The summed E-state index contributed by atoms with van der Waals surface area (Å²) in [6.07, 6.45) is 1.39. The van der Waals surface area contributed by atoms with Crippen molar-refractivity contribution in [3.8, 4) is 11.5 Å². The molecule has 1 heterocycles. The summed E-state index contributed by atoms with van der Waals surface area (Å²) in [5, 5.41) is 4.23. The van der Waals surface area contributed by atoms with Crippen molar-refractivity contribution < 1.29 is 17.9 Å². The molecule has 0 spiro atoms. The summed E-state index contributed by atoms with van der Waals surface area (Å²) >= 11 is 5.74. The molecule has 0 fully saturated rings. The smallest absolute Gasteiger partial charge is 0.276 e. The number of sulfonamides is 1. The predicted molar refractivity (Wildman–Crippen MR) is 86.8 cm³/mol. The number of benzene rings is 2. The molecule has 0 aromatic heterocycles. The highest BCUT2D eigenvalue weighted by molar-refractivity contribution is 7.89. The molecule has 3 rings (SSSR count). The van der Waals surface area contributed by atoms with E-state index < -0.39 is 10.0 Å². The Labute approximate surface area is 138 Å². The van der Waals surface area contributed by atoms with Gasteiger partial charge in [0.05, 0.1) is 11.1 Å². The van der Waals surface area contributed by atoms with Crippen molar-refractivity contribution >= 4 is 27.8 Å². The normalized spacial score (nSPS) is 14.0. The molecule has 0 amide bonds. The molecule has 0 unspecified atom stereocenters. The van der Waals surface area contributed by atoms with Crippen LogP contribution in [0, 0.1) is 0 Å². The third-order valence-corrected chi connectivity index (χ3v) is 4.57. The van der Waals surface area contributed by atoms with Gasteiger partial charge in [0.2, 0.25) is 0 Å². The number of nitrogens with zero attached hydrogens (tertiary/aromatic N) is 1. The van der Waals surface area contributed by atoms with Crippen LogP contribution in [0.4, 0.5) is 0 Å². The first kappa shape index (κ1) is 15.6. The van der Waals surface area contributed by atoms with Gasteiger partial charge < -0.3 is 9.47 Å². The maximum atomic E-state index is 12.1. The molecule has 0 bridgehead atoms. The van der Waals surface area contributed by atoms with Crippen molar-refractivity contribution in [2.24, 2.45) is 5.10 Å². The summed E-state index contributed by atoms with van der Waals surface area (Å²) in [6.45, 7) is 0.998. The van der Waals surface area contributed by atoms with Crippen LogP contribution in [-0.2, 0) is 10.0 Å². The lowest BCUT2D eigenvalue weighted by molar-refractivity contribution is 0.171. The SMILES string of the molecule is O=S(=O)(N/N=C\c1ccc2c(c1)OCCO2)c1ccc(Cl)cc1. The molecule has 1 aliphatic rings. The van der Waals surface area contributed by atoms with E-state index >= 15 is 0 Å². The summed E-state index contributed by atoms with van der Waals surface area (Å²) in [5.74, 6) is 1.27. The van der Waals surface area contributed by atoms with Crippen LogP contribution in [0.2, 0.25) is 5.02 Å². The Hall–Kier alpha value is -2.25. The zero-order valence-electron chi connectivity index (χ0n) is 11.9. The minimum Gasteiger partial charge on any atom is -0.486 e. The molecule has 2 aromatic rings. The highest BCUT2D eigenvalue weighted by Gasteiger charge is 2.13. The molecule has 120 valence electrons. The fourth-order valence-electron chi connectivity index (χ4n) is 1.98. The van der Waals surface area contributed by atoms with Crippen LogP contribution in [0.15, 0.2) is 52.5 Å². The third kappa shape index (κ3) is 3.75. The molecule has 2 aromatic carbocycles. The summed E-state index contributed by atoms with van der Waals surface area (Å²) < 4.78 is 35.0.